The van der Waals surface area contributed by atoms with E-state index in [1.165, 1.54) is 11.3 Å². The highest BCUT2D eigenvalue weighted by molar-refractivity contribution is 7.20. The molecular formula is C9H10ClN3S. The lowest BCUT2D eigenvalue weighted by Crippen LogP contribution is -2.08. The molecule has 14 heavy (non-hydrogen) atoms. The maximum Gasteiger partial charge on any atom is 0.133 e. The molecule has 0 unspecified atom stereocenters. The molecule has 74 valence electrons. The third-order valence-corrected chi connectivity index (χ3v) is 2.96. The molecule has 3 nitrogen and oxygen atoms in total. The zero-order valence-corrected chi connectivity index (χ0v) is 8.91. The maximum atomic E-state index is 7.28. The van der Waals surface area contributed by atoms with Crippen LogP contribution >= 0.6 is 23.7 Å². The number of anilines is 1. The number of hydrogen-bond acceptors (Lipinski definition) is 3. The average molecular weight is 228 g/mol. The van der Waals surface area contributed by atoms with Crippen molar-refractivity contribution in [3.63, 3.8) is 0 Å². The van der Waals surface area contributed by atoms with E-state index in [0.717, 1.165) is 20.7 Å². The zero-order valence-electron chi connectivity index (χ0n) is 7.28. The minimum atomic E-state index is 0. The standard InChI is InChI=1S/C9H9N3S.ClH/c10-6-1-2-7-5(3-6)4-8(13-7)9(11)12;/h1-4H,10H2,(H3,11,12);1H. The second-order valence-corrected chi connectivity index (χ2v) is 3.91. The highest BCUT2D eigenvalue weighted by Gasteiger charge is 2.03. The molecule has 1 aromatic heterocycles. The van der Waals surface area contributed by atoms with Crippen LogP contribution in [0.15, 0.2) is 24.3 Å². The summed E-state index contributed by atoms with van der Waals surface area (Å²) in [5.41, 5.74) is 11.7. The van der Waals surface area contributed by atoms with E-state index < -0.39 is 0 Å². The Bertz CT molecular complexity index is 478. The van der Waals surface area contributed by atoms with Gasteiger partial charge in [-0.25, -0.2) is 0 Å². The van der Waals surface area contributed by atoms with Crippen molar-refractivity contribution in [1.29, 1.82) is 5.41 Å². The fourth-order valence-electron chi connectivity index (χ4n) is 1.19. The molecule has 0 aliphatic rings. The third-order valence-electron chi connectivity index (χ3n) is 1.81. The van der Waals surface area contributed by atoms with E-state index in [1.807, 2.05) is 24.3 Å². The fraction of sp³-hybridized carbons (Fsp3) is 0. The summed E-state index contributed by atoms with van der Waals surface area (Å²) in [5, 5.41) is 8.33. The van der Waals surface area contributed by atoms with Gasteiger partial charge in [0.05, 0.1) is 4.88 Å². The maximum absolute atomic E-state index is 7.28. The van der Waals surface area contributed by atoms with Gasteiger partial charge in [-0.2, -0.15) is 0 Å². The molecule has 0 atom stereocenters. The summed E-state index contributed by atoms with van der Waals surface area (Å²) in [6.07, 6.45) is 0. The Balaban J connectivity index is 0.000000980. The quantitative estimate of drug-likeness (QED) is 0.397. The molecule has 2 aromatic rings. The van der Waals surface area contributed by atoms with Crippen LogP contribution in [0.1, 0.15) is 4.88 Å². The summed E-state index contributed by atoms with van der Waals surface area (Å²) in [6, 6.07) is 7.57. The Morgan fingerprint density at radius 1 is 1.29 bits per heavy atom. The predicted molar refractivity (Wildman–Crippen MR) is 64.5 cm³/mol. The monoisotopic (exact) mass is 227 g/mol. The van der Waals surface area contributed by atoms with Gasteiger partial charge in [0.2, 0.25) is 0 Å². The number of nitrogens with one attached hydrogen (secondary N) is 1. The molecule has 0 amide bonds. The van der Waals surface area contributed by atoms with Gasteiger partial charge in [-0.05, 0) is 29.7 Å². The zero-order chi connectivity index (χ0) is 9.42. The summed E-state index contributed by atoms with van der Waals surface area (Å²) in [7, 11) is 0. The second kappa shape index (κ2) is 3.86. The molecule has 0 saturated carbocycles. The van der Waals surface area contributed by atoms with Gasteiger partial charge in [0.15, 0.2) is 0 Å². The van der Waals surface area contributed by atoms with Crippen LogP contribution in [-0.2, 0) is 0 Å². The second-order valence-electron chi connectivity index (χ2n) is 2.82. The van der Waals surface area contributed by atoms with Crippen LogP contribution in [0.2, 0.25) is 0 Å². The largest absolute Gasteiger partial charge is 0.399 e. The summed E-state index contributed by atoms with van der Waals surface area (Å²) in [4.78, 5) is 0.792. The van der Waals surface area contributed by atoms with Crippen molar-refractivity contribution in [2.75, 3.05) is 5.73 Å². The first-order valence-electron chi connectivity index (χ1n) is 3.80. The van der Waals surface area contributed by atoms with Crippen molar-refractivity contribution in [3.8, 4) is 0 Å². The number of hydrogen-bond donors (Lipinski definition) is 3. The van der Waals surface area contributed by atoms with E-state index in [-0.39, 0.29) is 18.2 Å². The number of nitrogen functional groups attached to an aromatic ring is 2. The minimum Gasteiger partial charge on any atom is -0.399 e. The molecule has 0 aliphatic heterocycles. The lowest BCUT2D eigenvalue weighted by atomic mass is 10.2. The van der Waals surface area contributed by atoms with Crippen molar-refractivity contribution in [1.82, 2.24) is 0 Å². The van der Waals surface area contributed by atoms with Crippen LogP contribution < -0.4 is 11.5 Å². The number of thiophene rings is 1. The fourth-order valence-corrected chi connectivity index (χ4v) is 2.10. The summed E-state index contributed by atoms with van der Waals surface area (Å²) < 4.78 is 1.11. The highest BCUT2D eigenvalue weighted by atomic mass is 35.5. The molecule has 5 heteroatoms. The molecule has 0 saturated heterocycles. The van der Waals surface area contributed by atoms with Crippen molar-refractivity contribution in [2.24, 2.45) is 5.73 Å². The summed E-state index contributed by atoms with van der Waals surface area (Å²) in [5.74, 6) is 0.111. The molecule has 0 aliphatic carbocycles. The first-order chi connectivity index (χ1) is 6.16. The molecule has 0 fully saturated rings. The van der Waals surface area contributed by atoms with E-state index in [1.54, 1.807) is 0 Å². The lowest BCUT2D eigenvalue weighted by Gasteiger charge is -1.90. The molecule has 1 heterocycles. The van der Waals surface area contributed by atoms with Gasteiger partial charge < -0.3 is 11.5 Å². The van der Waals surface area contributed by atoms with E-state index in [9.17, 15) is 0 Å². The lowest BCUT2D eigenvalue weighted by molar-refractivity contribution is 1.46. The third kappa shape index (κ3) is 1.81. The van der Waals surface area contributed by atoms with Gasteiger partial charge >= 0.3 is 0 Å². The van der Waals surface area contributed by atoms with Crippen molar-refractivity contribution in [2.45, 2.75) is 0 Å². The average Bonchev–Trinajstić information content (AvgIpc) is 2.46. The van der Waals surface area contributed by atoms with E-state index in [2.05, 4.69) is 0 Å². The van der Waals surface area contributed by atoms with Crippen molar-refractivity contribution < 1.29 is 0 Å². The Hall–Kier alpha value is -1.26. The van der Waals surface area contributed by atoms with Gasteiger partial charge in [0, 0.05) is 10.4 Å². The van der Waals surface area contributed by atoms with Gasteiger partial charge in [-0.15, -0.1) is 23.7 Å². The SMILES string of the molecule is Cl.N=C(N)c1cc2cc(N)ccc2s1. The first-order valence-corrected chi connectivity index (χ1v) is 4.62. The van der Waals surface area contributed by atoms with Crippen LogP contribution in [0.4, 0.5) is 5.69 Å². The number of halogens is 1. The van der Waals surface area contributed by atoms with Crippen LogP contribution in [0.3, 0.4) is 0 Å². The Morgan fingerprint density at radius 3 is 2.64 bits per heavy atom. The van der Waals surface area contributed by atoms with Crippen LogP contribution in [0.5, 0.6) is 0 Å². The number of nitrogens with two attached hydrogens (primary N) is 2. The number of fused-ring (bicyclic) bond motifs is 1. The molecule has 5 N–H and O–H groups in total. The van der Waals surface area contributed by atoms with E-state index >= 15 is 0 Å². The molecule has 0 spiro atoms. The Kier molecular flexibility index (Phi) is 2.98. The van der Waals surface area contributed by atoms with Gasteiger partial charge in [-0.1, -0.05) is 0 Å². The van der Waals surface area contributed by atoms with Gasteiger partial charge in [0.25, 0.3) is 0 Å². The van der Waals surface area contributed by atoms with Crippen molar-refractivity contribution >= 4 is 45.4 Å². The van der Waals surface area contributed by atoms with Crippen LogP contribution in [0.25, 0.3) is 10.1 Å². The van der Waals surface area contributed by atoms with E-state index in [0.29, 0.717) is 0 Å². The Labute approximate surface area is 91.6 Å². The molecular weight excluding hydrogens is 218 g/mol. The predicted octanol–water partition coefficient (Wildman–Crippen LogP) is 2.19. The molecule has 2 rings (SSSR count). The summed E-state index contributed by atoms with van der Waals surface area (Å²) in [6.45, 7) is 0. The topological polar surface area (TPSA) is 75.9 Å². The Morgan fingerprint density at radius 2 is 2.00 bits per heavy atom. The van der Waals surface area contributed by atoms with Crippen LogP contribution in [0, 0.1) is 5.41 Å². The minimum absolute atomic E-state index is 0. The summed E-state index contributed by atoms with van der Waals surface area (Å²) >= 11 is 1.51. The van der Waals surface area contributed by atoms with Gasteiger partial charge in [0.1, 0.15) is 5.84 Å². The molecule has 0 bridgehead atoms. The van der Waals surface area contributed by atoms with Crippen molar-refractivity contribution in [3.05, 3.63) is 29.1 Å². The van der Waals surface area contributed by atoms with E-state index in [4.69, 9.17) is 16.9 Å². The normalized spacial score (nSPS) is 9.71. The van der Waals surface area contributed by atoms with Gasteiger partial charge in [-0.3, -0.25) is 5.41 Å². The van der Waals surface area contributed by atoms with Crippen LogP contribution in [-0.4, -0.2) is 5.84 Å². The number of benzene rings is 1. The number of amidine groups is 1. The molecule has 1 aromatic carbocycles. The smallest absolute Gasteiger partial charge is 0.133 e. The number of rotatable bonds is 1. The highest BCUT2D eigenvalue weighted by Crippen LogP contribution is 2.26. The molecule has 0 radical (unpaired) electrons. The first kappa shape index (κ1) is 10.8.